The van der Waals surface area contributed by atoms with Gasteiger partial charge in [-0.25, -0.2) is 0 Å². The largest absolute Gasteiger partial charge is 0.358 e. The molecule has 2 aliphatic rings. The molecule has 5 nitrogen and oxygen atoms in total. The number of nitrogens with zero attached hydrogens (tertiary/aromatic N) is 3. The Kier molecular flexibility index (Phi) is 4.77. The Hall–Kier alpha value is -1.85. The normalized spacial score (nSPS) is 25.5. The number of hydrogen-bond acceptors (Lipinski definition) is 3. The number of fused-ring (bicyclic) bond motifs is 1. The molecule has 1 atom stereocenters. The lowest BCUT2D eigenvalue weighted by molar-refractivity contribution is -0.129. The van der Waals surface area contributed by atoms with Crippen molar-refractivity contribution in [3.63, 3.8) is 0 Å². The third-order valence-electron chi connectivity index (χ3n) is 7.05. The molecule has 0 aliphatic carbocycles. The molecule has 0 unspecified atom stereocenters. The molecule has 1 spiro atoms. The number of aromatic nitrogens is 1. The molecule has 0 saturated carbocycles. The van der Waals surface area contributed by atoms with Gasteiger partial charge < -0.3 is 9.88 Å². The number of likely N-dealkylation sites (tertiary alicyclic amines) is 1. The number of amides is 1. The van der Waals surface area contributed by atoms with Gasteiger partial charge in [-0.15, -0.1) is 0 Å². The van der Waals surface area contributed by atoms with Crippen molar-refractivity contribution in [3.05, 3.63) is 35.0 Å². The van der Waals surface area contributed by atoms with Crippen molar-refractivity contribution in [1.82, 2.24) is 19.7 Å². The predicted octanol–water partition coefficient (Wildman–Crippen LogP) is 2.91. The first-order valence-corrected chi connectivity index (χ1v) is 10.1. The van der Waals surface area contributed by atoms with Crippen LogP contribution in [0.1, 0.15) is 36.1 Å². The molecule has 1 N–H and O–H groups in total. The summed E-state index contributed by atoms with van der Waals surface area (Å²) >= 11 is 0. The maximum absolute atomic E-state index is 12.2. The molecule has 3 heterocycles. The van der Waals surface area contributed by atoms with Crippen LogP contribution in [0.5, 0.6) is 0 Å². The quantitative estimate of drug-likeness (QED) is 0.886. The summed E-state index contributed by atoms with van der Waals surface area (Å²) in [5, 5.41) is 1.34. The first-order chi connectivity index (χ1) is 12.9. The average Bonchev–Trinajstić information content (AvgIpc) is 2.87. The number of benzene rings is 1. The van der Waals surface area contributed by atoms with Gasteiger partial charge >= 0.3 is 0 Å². The number of aryl methyl sites for hydroxylation is 2. The second-order valence-electron chi connectivity index (χ2n) is 8.64. The van der Waals surface area contributed by atoms with Crippen LogP contribution in [-0.2, 0) is 11.3 Å². The maximum atomic E-state index is 12.2. The fraction of sp³-hybridized carbons (Fsp3) is 0.591. The third kappa shape index (κ3) is 3.27. The smallest absolute Gasteiger partial charge is 0.222 e. The van der Waals surface area contributed by atoms with E-state index in [2.05, 4.69) is 53.9 Å². The highest BCUT2D eigenvalue weighted by molar-refractivity contribution is 5.87. The highest BCUT2D eigenvalue weighted by Gasteiger charge is 2.41. The number of carbonyl (C=O) groups excluding carboxylic acids is 1. The minimum Gasteiger partial charge on any atom is -0.358 e. The van der Waals surface area contributed by atoms with Crippen molar-refractivity contribution in [3.8, 4) is 0 Å². The summed E-state index contributed by atoms with van der Waals surface area (Å²) < 4.78 is 0. The Balaban J connectivity index is 1.57. The fourth-order valence-corrected chi connectivity index (χ4v) is 4.89. The van der Waals surface area contributed by atoms with Crippen LogP contribution in [0.3, 0.4) is 0 Å². The summed E-state index contributed by atoms with van der Waals surface area (Å²) in [6, 6.07) is 6.66. The number of hydrogen-bond donors (Lipinski definition) is 1. The summed E-state index contributed by atoms with van der Waals surface area (Å²) in [5.41, 5.74) is 5.40. The number of rotatable bonds is 2. The van der Waals surface area contributed by atoms with Crippen molar-refractivity contribution in [2.75, 3.05) is 40.3 Å². The first-order valence-electron chi connectivity index (χ1n) is 10.1. The van der Waals surface area contributed by atoms with Crippen LogP contribution < -0.4 is 0 Å². The van der Waals surface area contributed by atoms with Gasteiger partial charge in [0, 0.05) is 62.8 Å². The lowest BCUT2D eigenvalue weighted by Crippen LogP contribution is -2.60. The molecule has 1 aromatic heterocycles. The molecule has 0 radical (unpaired) electrons. The summed E-state index contributed by atoms with van der Waals surface area (Å²) in [4.78, 5) is 22.8. The van der Waals surface area contributed by atoms with E-state index in [4.69, 9.17) is 0 Å². The van der Waals surface area contributed by atoms with Gasteiger partial charge in [0.1, 0.15) is 0 Å². The highest BCUT2D eigenvalue weighted by Crippen LogP contribution is 2.33. The SMILES string of the molecule is Cc1[nH]c2c(CN3CCN(C)[C@@]4(CCC(=O)N(C)CC4)C3)cccc2c1C. The zero-order valence-electron chi connectivity index (χ0n) is 17.1. The molecule has 4 rings (SSSR count). The van der Waals surface area contributed by atoms with Gasteiger partial charge in [0.25, 0.3) is 0 Å². The molecule has 146 valence electrons. The van der Waals surface area contributed by atoms with Crippen LogP contribution in [0.15, 0.2) is 18.2 Å². The van der Waals surface area contributed by atoms with Gasteiger partial charge in [-0.1, -0.05) is 18.2 Å². The van der Waals surface area contributed by atoms with Crippen molar-refractivity contribution < 1.29 is 4.79 Å². The number of aromatic amines is 1. The fourth-order valence-electron chi connectivity index (χ4n) is 4.89. The second kappa shape index (κ2) is 6.95. The molecule has 2 aliphatic heterocycles. The summed E-state index contributed by atoms with van der Waals surface area (Å²) in [5.74, 6) is 0.291. The third-order valence-corrected chi connectivity index (χ3v) is 7.05. The predicted molar refractivity (Wildman–Crippen MR) is 110 cm³/mol. The van der Waals surface area contributed by atoms with E-state index >= 15 is 0 Å². The molecule has 5 heteroatoms. The molecular formula is C22H32N4O. The van der Waals surface area contributed by atoms with E-state index in [9.17, 15) is 4.79 Å². The van der Waals surface area contributed by atoms with Crippen molar-refractivity contribution in [2.45, 2.75) is 45.2 Å². The van der Waals surface area contributed by atoms with Crippen LogP contribution in [0.25, 0.3) is 10.9 Å². The molecule has 0 bridgehead atoms. The maximum Gasteiger partial charge on any atom is 0.222 e. The molecule has 2 saturated heterocycles. The van der Waals surface area contributed by atoms with Crippen LogP contribution in [0.4, 0.5) is 0 Å². The van der Waals surface area contributed by atoms with E-state index < -0.39 is 0 Å². The Morgan fingerprint density at radius 2 is 1.93 bits per heavy atom. The van der Waals surface area contributed by atoms with Crippen molar-refractivity contribution in [2.24, 2.45) is 0 Å². The topological polar surface area (TPSA) is 42.6 Å². The number of nitrogens with one attached hydrogen (secondary N) is 1. The molecule has 2 aromatic rings. The zero-order chi connectivity index (χ0) is 19.2. The summed E-state index contributed by atoms with van der Waals surface area (Å²) in [6.07, 6.45) is 2.69. The second-order valence-corrected chi connectivity index (χ2v) is 8.64. The van der Waals surface area contributed by atoms with Crippen LogP contribution in [0, 0.1) is 13.8 Å². The molecular weight excluding hydrogens is 336 g/mol. The molecule has 1 amide bonds. The van der Waals surface area contributed by atoms with Crippen LogP contribution in [0.2, 0.25) is 0 Å². The average molecular weight is 369 g/mol. The number of H-pyrrole nitrogens is 1. The van der Waals surface area contributed by atoms with Gasteiger partial charge in [-0.3, -0.25) is 14.6 Å². The molecule has 1 aromatic carbocycles. The van der Waals surface area contributed by atoms with E-state index in [0.29, 0.717) is 12.3 Å². The number of piperazine rings is 1. The van der Waals surface area contributed by atoms with Gasteiger partial charge in [0.2, 0.25) is 5.91 Å². The monoisotopic (exact) mass is 368 g/mol. The minimum absolute atomic E-state index is 0.119. The summed E-state index contributed by atoms with van der Waals surface area (Å²) in [7, 11) is 4.18. The van der Waals surface area contributed by atoms with Gasteiger partial charge in [0.05, 0.1) is 5.52 Å². The van der Waals surface area contributed by atoms with Gasteiger partial charge in [0.15, 0.2) is 0 Å². The Morgan fingerprint density at radius 3 is 2.74 bits per heavy atom. The van der Waals surface area contributed by atoms with Gasteiger partial charge in [-0.2, -0.15) is 0 Å². The highest BCUT2D eigenvalue weighted by atomic mass is 16.2. The summed E-state index contributed by atoms with van der Waals surface area (Å²) in [6.45, 7) is 9.37. The lowest BCUT2D eigenvalue weighted by atomic mass is 9.86. The number of carbonyl (C=O) groups is 1. The number of likely N-dealkylation sites (N-methyl/N-ethyl adjacent to an activating group) is 1. The van der Waals surface area contributed by atoms with E-state index in [1.807, 2.05) is 11.9 Å². The van der Waals surface area contributed by atoms with Crippen LogP contribution >= 0.6 is 0 Å². The van der Waals surface area contributed by atoms with Gasteiger partial charge in [-0.05, 0) is 44.9 Å². The lowest BCUT2D eigenvalue weighted by Gasteiger charge is -2.49. The Labute approximate surface area is 162 Å². The van der Waals surface area contributed by atoms with E-state index in [0.717, 1.165) is 45.6 Å². The number of para-hydroxylation sites is 1. The van der Waals surface area contributed by atoms with Crippen molar-refractivity contribution >= 4 is 16.8 Å². The van der Waals surface area contributed by atoms with Crippen molar-refractivity contribution in [1.29, 1.82) is 0 Å². The van der Waals surface area contributed by atoms with E-state index in [1.54, 1.807) is 0 Å². The van der Waals surface area contributed by atoms with Crippen LogP contribution in [-0.4, -0.2) is 71.4 Å². The Morgan fingerprint density at radius 1 is 1.11 bits per heavy atom. The molecule has 27 heavy (non-hydrogen) atoms. The standard InChI is InChI=1S/C22H32N4O/c1-16-17(2)23-21-18(6-5-7-19(16)21)14-26-13-12-25(4)22(15-26)9-8-20(27)24(3)11-10-22/h5-7,23H,8-15H2,1-4H3/t22-/m1/s1. The minimum atomic E-state index is 0.119. The Bertz CT molecular complexity index is 857. The van der Waals surface area contributed by atoms with E-state index in [-0.39, 0.29) is 5.54 Å². The van der Waals surface area contributed by atoms with E-state index in [1.165, 1.54) is 27.7 Å². The first kappa shape index (κ1) is 18.5. The zero-order valence-corrected chi connectivity index (χ0v) is 17.1. The molecule has 2 fully saturated rings.